The van der Waals surface area contributed by atoms with E-state index < -0.39 is 0 Å². The van der Waals surface area contributed by atoms with Crippen molar-refractivity contribution < 1.29 is 9.47 Å². The van der Waals surface area contributed by atoms with Crippen LogP contribution in [0, 0.1) is 0 Å². The van der Waals surface area contributed by atoms with Crippen LogP contribution in [0.2, 0.25) is 0 Å². The highest BCUT2D eigenvalue weighted by molar-refractivity contribution is 6.00. The van der Waals surface area contributed by atoms with E-state index in [1.165, 1.54) is 5.69 Å². The molecule has 28 heavy (non-hydrogen) atoms. The third-order valence-electron chi connectivity index (χ3n) is 5.99. The van der Waals surface area contributed by atoms with Crippen LogP contribution in [0.15, 0.2) is 30.6 Å². The van der Waals surface area contributed by atoms with Gasteiger partial charge in [-0.2, -0.15) is 5.10 Å². The molecule has 3 aliphatic rings. The van der Waals surface area contributed by atoms with Crippen LogP contribution < -0.4 is 9.80 Å². The summed E-state index contributed by atoms with van der Waals surface area (Å²) in [7, 11) is 0. The van der Waals surface area contributed by atoms with E-state index in [1.54, 1.807) is 6.20 Å². The zero-order valence-corrected chi connectivity index (χ0v) is 15.5. The molecular formula is C20H22N6O2. The zero-order chi connectivity index (χ0) is 18.5. The minimum absolute atomic E-state index is 0.342. The lowest BCUT2D eigenvalue weighted by molar-refractivity contribution is 0.0992. The molecule has 0 aromatic carbocycles. The van der Waals surface area contributed by atoms with Crippen LogP contribution >= 0.6 is 0 Å². The van der Waals surface area contributed by atoms with Gasteiger partial charge in [-0.3, -0.25) is 10.1 Å². The molecule has 8 heteroatoms. The molecule has 0 saturated carbocycles. The summed E-state index contributed by atoms with van der Waals surface area (Å²) in [4.78, 5) is 14.5. The third kappa shape index (κ3) is 2.56. The maximum atomic E-state index is 5.84. The average molecular weight is 378 g/mol. The van der Waals surface area contributed by atoms with Crippen molar-refractivity contribution in [3.05, 3.63) is 30.6 Å². The first kappa shape index (κ1) is 16.3. The zero-order valence-electron chi connectivity index (χ0n) is 15.5. The fraction of sp³-hybridized carbons (Fsp3) is 0.450. The summed E-state index contributed by atoms with van der Waals surface area (Å²) in [5, 5.41) is 8.27. The Balaban J connectivity index is 1.55. The molecule has 0 radical (unpaired) electrons. The van der Waals surface area contributed by atoms with Crippen molar-refractivity contribution in [1.29, 1.82) is 0 Å². The summed E-state index contributed by atoms with van der Waals surface area (Å²) in [6.45, 7) is 4.92. The first-order chi connectivity index (χ1) is 13.9. The molecule has 3 aromatic heterocycles. The number of nitrogens with zero attached hydrogens (tertiary/aromatic N) is 5. The standard InChI is InChI=1S/C20H22N6O2/c1-3-21-20(16-2-4-22-24-16)19-15(1)17(26-11-14-9-13(26)12-28-14)10-18(23-19)25-5-7-27-8-6-25/h1-4,10,13-14H,5-9,11-12H2,(H,22,24)/t13-,14?/m0/s1. The molecule has 144 valence electrons. The summed E-state index contributed by atoms with van der Waals surface area (Å²) >= 11 is 0. The van der Waals surface area contributed by atoms with Gasteiger partial charge in [0, 0.05) is 43.5 Å². The van der Waals surface area contributed by atoms with Gasteiger partial charge in [-0.15, -0.1) is 0 Å². The Bertz CT molecular complexity index is 1000. The molecule has 0 amide bonds. The monoisotopic (exact) mass is 378 g/mol. The van der Waals surface area contributed by atoms with Crippen molar-refractivity contribution in [2.45, 2.75) is 18.6 Å². The predicted molar refractivity (Wildman–Crippen MR) is 106 cm³/mol. The van der Waals surface area contributed by atoms with Gasteiger partial charge in [0.1, 0.15) is 17.0 Å². The summed E-state index contributed by atoms with van der Waals surface area (Å²) in [6.07, 6.45) is 5.06. The number of aromatic amines is 1. The van der Waals surface area contributed by atoms with Crippen LogP contribution in [0.4, 0.5) is 11.5 Å². The first-order valence-corrected chi connectivity index (χ1v) is 9.87. The van der Waals surface area contributed by atoms with E-state index in [2.05, 4.69) is 37.1 Å². The van der Waals surface area contributed by atoms with E-state index in [-0.39, 0.29) is 0 Å². The fourth-order valence-corrected chi connectivity index (χ4v) is 4.59. The number of nitrogens with one attached hydrogen (secondary N) is 1. The SMILES string of the molecule is c1cc(-c2nccc3c(N4CC5C[C@H]4CO5)cc(N4CCOCC4)nc23)[nH]n1. The number of hydrogen-bond acceptors (Lipinski definition) is 7. The number of morpholine rings is 2. The number of hydrogen-bond donors (Lipinski definition) is 1. The molecule has 3 aliphatic heterocycles. The minimum Gasteiger partial charge on any atom is -0.378 e. The third-order valence-corrected chi connectivity index (χ3v) is 5.99. The quantitative estimate of drug-likeness (QED) is 0.745. The highest BCUT2D eigenvalue weighted by Crippen LogP contribution is 2.39. The maximum absolute atomic E-state index is 5.84. The number of H-pyrrole nitrogens is 1. The number of rotatable bonds is 3. The van der Waals surface area contributed by atoms with E-state index in [0.717, 1.165) is 74.0 Å². The number of ether oxygens (including phenoxy) is 2. The summed E-state index contributed by atoms with van der Waals surface area (Å²) in [5.74, 6) is 0.989. The lowest BCUT2D eigenvalue weighted by Crippen LogP contribution is -2.38. The maximum Gasteiger partial charge on any atom is 0.131 e. The molecule has 6 rings (SSSR count). The van der Waals surface area contributed by atoms with Crippen molar-refractivity contribution in [3.8, 4) is 11.4 Å². The second-order valence-corrected chi connectivity index (χ2v) is 7.62. The number of pyridine rings is 2. The van der Waals surface area contributed by atoms with Gasteiger partial charge in [0.05, 0.1) is 43.3 Å². The lowest BCUT2D eigenvalue weighted by atomic mass is 10.1. The van der Waals surface area contributed by atoms with Gasteiger partial charge in [-0.25, -0.2) is 4.98 Å². The van der Waals surface area contributed by atoms with Gasteiger partial charge in [0.15, 0.2) is 0 Å². The van der Waals surface area contributed by atoms with E-state index in [9.17, 15) is 0 Å². The van der Waals surface area contributed by atoms with E-state index in [1.807, 2.05) is 12.3 Å². The Hall–Kier alpha value is -2.71. The normalized spacial score (nSPS) is 24.4. The van der Waals surface area contributed by atoms with Crippen LogP contribution in [-0.4, -0.2) is 71.8 Å². The first-order valence-electron chi connectivity index (χ1n) is 9.87. The Morgan fingerprint density at radius 1 is 1.14 bits per heavy atom. The van der Waals surface area contributed by atoms with Crippen LogP contribution in [-0.2, 0) is 9.47 Å². The summed E-state index contributed by atoms with van der Waals surface area (Å²) in [6, 6.07) is 6.70. The highest BCUT2D eigenvalue weighted by Gasteiger charge is 2.40. The van der Waals surface area contributed by atoms with Gasteiger partial charge in [-0.05, 0) is 18.6 Å². The molecule has 3 fully saturated rings. The second-order valence-electron chi connectivity index (χ2n) is 7.62. The molecule has 6 heterocycles. The minimum atomic E-state index is 0.342. The van der Waals surface area contributed by atoms with Crippen LogP contribution in [0.5, 0.6) is 0 Å². The van der Waals surface area contributed by atoms with Crippen LogP contribution in [0.25, 0.3) is 22.3 Å². The number of fused-ring (bicyclic) bond motifs is 3. The summed E-state index contributed by atoms with van der Waals surface area (Å²) in [5.41, 5.74) is 3.86. The van der Waals surface area contributed by atoms with Gasteiger partial charge in [0.2, 0.25) is 0 Å². The fourth-order valence-electron chi connectivity index (χ4n) is 4.59. The molecular weight excluding hydrogens is 356 g/mol. The number of aromatic nitrogens is 4. The largest absolute Gasteiger partial charge is 0.378 e. The molecule has 0 aliphatic carbocycles. The highest BCUT2D eigenvalue weighted by atomic mass is 16.5. The van der Waals surface area contributed by atoms with Crippen molar-refractivity contribution in [1.82, 2.24) is 20.2 Å². The molecule has 2 atom stereocenters. The van der Waals surface area contributed by atoms with Gasteiger partial charge < -0.3 is 19.3 Å². The van der Waals surface area contributed by atoms with Gasteiger partial charge in [-0.1, -0.05) is 0 Å². The van der Waals surface area contributed by atoms with Crippen molar-refractivity contribution in [2.75, 3.05) is 49.3 Å². The van der Waals surface area contributed by atoms with Crippen molar-refractivity contribution in [3.63, 3.8) is 0 Å². The van der Waals surface area contributed by atoms with E-state index in [4.69, 9.17) is 14.5 Å². The van der Waals surface area contributed by atoms with Gasteiger partial charge in [0.25, 0.3) is 0 Å². The number of anilines is 2. The second kappa shape index (κ2) is 6.42. The Morgan fingerprint density at radius 2 is 2.07 bits per heavy atom. The van der Waals surface area contributed by atoms with Crippen LogP contribution in [0.3, 0.4) is 0 Å². The molecule has 2 bridgehead atoms. The average Bonchev–Trinajstić information content (AvgIpc) is 3.51. The van der Waals surface area contributed by atoms with E-state index >= 15 is 0 Å². The Labute approximate surface area is 162 Å². The lowest BCUT2D eigenvalue weighted by Gasteiger charge is -2.33. The van der Waals surface area contributed by atoms with Crippen molar-refractivity contribution in [2.24, 2.45) is 0 Å². The van der Waals surface area contributed by atoms with Crippen molar-refractivity contribution >= 4 is 22.4 Å². The molecule has 3 aromatic rings. The molecule has 1 unspecified atom stereocenters. The topological polar surface area (TPSA) is 79.4 Å². The van der Waals surface area contributed by atoms with Crippen LogP contribution in [0.1, 0.15) is 6.42 Å². The smallest absolute Gasteiger partial charge is 0.131 e. The molecule has 8 nitrogen and oxygen atoms in total. The van der Waals surface area contributed by atoms with E-state index in [0.29, 0.717) is 12.1 Å². The van der Waals surface area contributed by atoms with Gasteiger partial charge >= 0.3 is 0 Å². The Kier molecular flexibility index (Phi) is 3.73. The molecule has 0 spiro atoms. The molecule has 1 N–H and O–H groups in total. The Morgan fingerprint density at radius 3 is 2.82 bits per heavy atom. The molecule has 3 saturated heterocycles. The predicted octanol–water partition coefficient (Wildman–Crippen LogP) is 1.83. The summed E-state index contributed by atoms with van der Waals surface area (Å²) < 4.78 is 11.4.